The highest BCUT2D eigenvalue weighted by molar-refractivity contribution is 7.99. The van der Waals surface area contributed by atoms with Crippen molar-refractivity contribution in [3.8, 4) is 11.5 Å². The number of aryl methyl sites for hydroxylation is 2. The lowest BCUT2D eigenvalue weighted by Gasteiger charge is -2.19. The van der Waals surface area contributed by atoms with Crippen molar-refractivity contribution >= 4 is 39.7 Å². The van der Waals surface area contributed by atoms with Gasteiger partial charge in [0.1, 0.15) is 13.2 Å². The summed E-state index contributed by atoms with van der Waals surface area (Å²) in [6.45, 7) is 1.04. The van der Waals surface area contributed by atoms with Crippen molar-refractivity contribution in [2.24, 2.45) is 0 Å². The molecule has 2 aromatic heterocycles. The van der Waals surface area contributed by atoms with E-state index in [1.54, 1.807) is 40.0 Å². The van der Waals surface area contributed by atoms with Crippen molar-refractivity contribution in [3.63, 3.8) is 0 Å². The highest BCUT2D eigenvalue weighted by Crippen LogP contribution is 2.32. The Balaban J connectivity index is 1.21. The van der Waals surface area contributed by atoms with Crippen LogP contribution in [0.5, 0.6) is 11.5 Å². The molecule has 0 spiro atoms. The molecule has 2 aliphatic rings. The Labute approximate surface area is 181 Å². The van der Waals surface area contributed by atoms with Crippen LogP contribution in [0.4, 0.5) is 5.69 Å². The molecule has 3 aromatic rings. The SMILES string of the molecule is O=C(CSCc1cc(=O)n2c3c(sc2n1)CCCC3)Nc1ccc2c(c1)OCCO2. The van der Waals surface area contributed by atoms with Crippen LogP contribution in [0.1, 0.15) is 29.1 Å². The smallest absolute Gasteiger partial charge is 0.259 e. The fourth-order valence-corrected chi connectivity index (χ4v) is 5.73. The first-order chi connectivity index (χ1) is 14.7. The number of amides is 1. The summed E-state index contributed by atoms with van der Waals surface area (Å²) in [6, 6.07) is 6.96. The van der Waals surface area contributed by atoms with Crippen molar-refractivity contribution in [1.82, 2.24) is 9.38 Å². The highest BCUT2D eigenvalue weighted by atomic mass is 32.2. The molecule has 0 atom stereocenters. The molecule has 156 valence electrons. The largest absolute Gasteiger partial charge is 0.486 e. The fourth-order valence-electron chi connectivity index (χ4n) is 3.78. The molecule has 7 nitrogen and oxygen atoms in total. The van der Waals surface area contributed by atoms with E-state index in [1.807, 2.05) is 0 Å². The van der Waals surface area contributed by atoms with Crippen LogP contribution < -0.4 is 20.3 Å². The minimum Gasteiger partial charge on any atom is -0.486 e. The van der Waals surface area contributed by atoms with Gasteiger partial charge in [-0.1, -0.05) is 0 Å². The second kappa shape index (κ2) is 8.31. The van der Waals surface area contributed by atoms with E-state index in [0.717, 1.165) is 35.6 Å². The third-order valence-electron chi connectivity index (χ3n) is 5.12. The van der Waals surface area contributed by atoms with Crippen molar-refractivity contribution < 1.29 is 14.3 Å². The number of nitrogens with zero attached hydrogens (tertiary/aromatic N) is 2. The van der Waals surface area contributed by atoms with Crippen LogP contribution in [0, 0.1) is 0 Å². The fraction of sp³-hybridized carbons (Fsp3) is 0.381. The molecular formula is C21H21N3O4S2. The third kappa shape index (κ3) is 3.91. The Morgan fingerprint density at radius 3 is 2.90 bits per heavy atom. The molecule has 0 saturated carbocycles. The number of fused-ring (bicyclic) bond motifs is 4. The average molecular weight is 444 g/mol. The van der Waals surface area contributed by atoms with Gasteiger partial charge in [-0.05, 0) is 37.8 Å². The van der Waals surface area contributed by atoms with Crippen LogP contribution >= 0.6 is 23.1 Å². The number of thiazole rings is 1. The molecule has 3 heterocycles. The van der Waals surface area contributed by atoms with Crippen molar-refractivity contribution in [1.29, 1.82) is 0 Å². The lowest BCUT2D eigenvalue weighted by atomic mass is 10.0. The van der Waals surface area contributed by atoms with E-state index in [4.69, 9.17) is 9.47 Å². The van der Waals surface area contributed by atoms with Crippen LogP contribution in [-0.4, -0.2) is 34.3 Å². The summed E-state index contributed by atoms with van der Waals surface area (Å²) in [4.78, 5) is 31.6. The summed E-state index contributed by atoms with van der Waals surface area (Å²) < 4.78 is 12.8. The lowest BCUT2D eigenvalue weighted by Crippen LogP contribution is -2.18. The van der Waals surface area contributed by atoms with Crippen molar-refractivity contribution in [3.05, 3.63) is 50.9 Å². The number of carbonyl (C=O) groups is 1. The van der Waals surface area contributed by atoms with Gasteiger partial charge < -0.3 is 14.8 Å². The maximum absolute atomic E-state index is 12.6. The first kappa shape index (κ1) is 19.4. The Hall–Kier alpha value is -2.52. The molecule has 1 aliphatic carbocycles. The zero-order valence-electron chi connectivity index (χ0n) is 16.3. The van der Waals surface area contributed by atoms with Gasteiger partial charge in [0.2, 0.25) is 5.91 Å². The van der Waals surface area contributed by atoms with E-state index in [-0.39, 0.29) is 17.2 Å². The van der Waals surface area contributed by atoms with Gasteiger partial charge in [0.05, 0.1) is 11.4 Å². The molecule has 0 saturated heterocycles. The molecule has 1 aliphatic heterocycles. The zero-order valence-corrected chi connectivity index (χ0v) is 17.9. The zero-order chi connectivity index (χ0) is 20.5. The summed E-state index contributed by atoms with van der Waals surface area (Å²) in [5.74, 6) is 2.01. The number of aromatic nitrogens is 2. The number of nitrogens with one attached hydrogen (secondary N) is 1. The van der Waals surface area contributed by atoms with E-state index in [0.29, 0.717) is 36.2 Å². The molecule has 9 heteroatoms. The topological polar surface area (TPSA) is 81.9 Å². The molecule has 1 aromatic carbocycles. The number of anilines is 1. The monoisotopic (exact) mass is 443 g/mol. The van der Waals surface area contributed by atoms with E-state index in [2.05, 4.69) is 10.3 Å². The summed E-state index contributed by atoms with van der Waals surface area (Å²) in [6.07, 6.45) is 4.29. The lowest BCUT2D eigenvalue weighted by molar-refractivity contribution is -0.113. The second-order valence-corrected chi connectivity index (χ2v) is 9.33. The second-order valence-electron chi connectivity index (χ2n) is 7.28. The van der Waals surface area contributed by atoms with Crippen LogP contribution in [0.3, 0.4) is 0 Å². The van der Waals surface area contributed by atoms with Gasteiger partial charge in [-0.3, -0.25) is 14.0 Å². The van der Waals surface area contributed by atoms with Crippen LogP contribution in [0.25, 0.3) is 4.96 Å². The molecule has 0 unspecified atom stereocenters. The van der Waals surface area contributed by atoms with Crippen molar-refractivity contribution in [2.75, 3.05) is 24.3 Å². The molecule has 1 amide bonds. The predicted molar refractivity (Wildman–Crippen MR) is 118 cm³/mol. The van der Waals surface area contributed by atoms with E-state index in [9.17, 15) is 9.59 Å². The van der Waals surface area contributed by atoms with Gasteiger partial charge in [0.15, 0.2) is 16.5 Å². The number of rotatable bonds is 5. The molecule has 1 N–H and O–H groups in total. The minimum atomic E-state index is -0.110. The van der Waals surface area contributed by atoms with Crippen LogP contribution in [0.15, 0.2) is 29.1 Å². The summed E-state index contributed by atoms with van der Waals surface area (Å²) in [5, 5.41) is 2.87. The number of carbonyl (C=O) groups excluding carboxylic acids is 1. The normalized spacial score (nSPS) is 15.1. The molecular weight excluding hydrogens is 422 g/mol. The van der Waals surface area contributed by atoms with E-state index < -0.39 is 0 Å². The number of thioether (sulfide) groups is 1. The van der Waals surface area contributed by atoms with Gasteiger partial charge >= 0.3 is 0 Å². The summed E-state index contributed by atoms with van der Waals surface area (Å²) >= 11 is 3.06. The van der Waals surface area contributed by atoms with Gasteiger partial charge in [-0.15, -0.1) is 23.1 Å². The Kier molecular flexibility index (Phi) is 5.39. The molecule has 0 fully saturated rings. The van der Waals surface area contributed by atoms with E-state index in [1.165, 1.54) is 23.1 Å². The molecule has 5 rings (SSSR count). The Morgan fingerprint density at radius 2 is 2.00 bits per heavy atom. The van der Waals surface area contributed by atoms with Crippen LogP contribution in [0.2, 0.25) is 0 Å². The summed E-state index contributed by atoms with van der Waals surface area (Å²) in [5.41, 5.74) is 2.51. The number of hydrogen-bond acceptors (Lipinski definition) is 7. The Morgan fingerprint density at radius 1 is 1.17 bits per heavy atom. The van der Waals surface area contributed by atoms with Gasteiger partial charge in [-0.2, -0.15) is 0 Å². The van der Waals surface area contributed by atoms with Crippen LogP contribution in [-0.2, 0) is 23.4 Å². The number of ether oxygens (including phenoxy) is 2. The first-order valence-corrected chi connectivity index (χ1v) is 11.9. The quantitative estimate of drug-likeness (QED) is 0.652. The molecule has 0 radical (unpaired) electrons. The minimum absolute atomic E-state index is 0.0178. The highest BCUT2D eigenvalue weighted by Gasteiger charge is 2.18. The number of benzene rings is 1. The molecule has 0 bridgehead atoms. The first-order valence-electron chi connectivity index (χ1n) is 9.98. The Bertz CT molecular complexity index is 1170. The van der Waals surface area contributed by atoms with E-state index >= 15 is 0 Å². The maximum Gasteiger partial charge on any atom is 0.259 e. The summed E-state index contributed by atoms with van der Waals surface area (Å²) in [7, 11) is 0. The maximum atomic E-state index is 12.6. The average Bonchev–Trinajstić information content (AvgIpc) is 3.12. The predicted octanol–water partition coefficient (Wildman–Crippen LogP) is 3.28. The molecule has 30 heavy (non-hydrogen) atoms. The van der Waals surface area contributed by atoms with Gasteiger partial charge in [0.25, 0.3) is 5.56 Å². The standard InChI is InChI=1S/C21H21N3O4S2/c25-19(22-13-5-6-16-17(9-13)28-8-7-27-16)12-29-11-14-10-20(26)24-15-3-1-2-4-18(15)30-21(24)23-14/h5-6,9-10H,1-4,7-8,11-12H2,(H,22,25). The third-order valence-corrected chi connectivity index (χ3v) is 7.23. The van der Waals surface area contributed by atoms with Crippen molar-refractivity contribution in [2.45, 2.75) is 31.4 Å². The number of hydrogen-bond donors (Lipinski definition) is 1. The van der Waals surface area contributed by atoms with Gasteiger partial charge in [0, 0.05) is 34.1 Å². The van der Waals surface area contributed by atoms with Gasteiger partial charge in [-0.25, -0.2) is 4.98 Å².